The van der Waals surface area contributed by atoms with Gasteiger partial charge in [-0.3, -0.25) is 4.79 Å². The number of fused-ring (bicyclic) bond motifs is 1. The highest BCUT2D eigenvalue weighted by molar-refractivity contribution is 9.10. The van der Waals surface area contributed by atoms with Crippen LogP contribution in [0.2, 0.25) is 0 Å². The van der Waals surface area contributed by atoms with Crippen molar-refractivity contribution in [1.82, 2.24) is 9.66 Å². The summed E-state index contributed by atoms with van der Waals surface area (Å²) in [6.07, 6.45) is 7.23. The summed E-state index contributed by atoms with van der Waals surface area (Å²) in [6.45, 7) is 0.448. The lowest BCUT2D eigenvalue weighted by atomic mass is 9.88. The number of aromatic nitrogens is 2. The van der Waals surface area contributed by atoms with Crippen LogP contribution in [0.3, 0.4) is 0 Å². The van der Waals surface area contributed by atoms with Crippen molar-refractivity contribution in [1.29, 1.82) is 0 Å². The number of methoxy groups -OCH3 is 1. The molecule has 4 aromatic rings. The van der Waals surface area contributed by atoms with E-state index < -0.39 is 0 Å². The summed E-state index contributed by atoms with van der Waals surface area (Å²) < 4.78 is 13.9. The predicted octanol–water partition coefficient (Wildman–Crippen LogP) is 6.68. The van der Waals surface area contributed by atoms with Crippen molar-refractivity contribution in [3.05, 3.63) is 98.5 Å². The molecule has 6 nitrogen and oxygen atoms in total. The Kier molecular flexibility index (Phi) is 7.47. The first-order valence-corrected chi connectivity index (χ1v) is 13.0. The number of nitrogens with zero attached hydrogens (tertiary/aromatic N) is 3. The van der Waals surface area contributed by atoms with Crippen molar-refractivity contribution in [3.63, 3.8) is 0 Å². The van der Waals surface area contributed by atoms with E-state index in [-0.39, 0.29) is 11.5 Å². The molecule has 1 fully saturated rings. The van der Waals surface area contributed by atoms with Gasteiger partial charge in [-0.1, -0.05) is 65.5 Å². The van der Waals surface area contributed by atoms with E-state index in [9.17, 15) is 4.79 Å². The van der Waals surface area contributed by atoms with Crippen LogP contribution >= 0.6 is 15.9 Å². The zero-order valence-electron chi connectivity index (χ0n) is 20.2. The van der Waals surface area contributed by atoms with Crippen LogP contribution in [0.5, 0.6) is 11.5 Å². The molecule has 184 valence electrons. The molecule has 1 aliphatic rings. The molecule has 7 heteroatoms. The maximum atomic E-state index is 13.5. The maximum absolute atomic E-state index is 13.5. The maximum Gasteiger partial charge on any atom is 0.282 e. The Balaban J connectivity index is 1.47. The van der Waals surface area contributed by atoms with Crippen molar-refractivity contribution in [2.45, 2.75) is 44.6 Å². The Morgan fingerprint density at radius 1 is 1.03 bits per heavy atom. The summed E-state index contributed by atoms with van der Waals surface area (Å²) in [7, 11) is 1.61. The van der Waals surface area contributed by atoms with E-state index in [0.29, 0.717) is 29.0 Å². The minimum atomic E-state index is -0.159. The largest absolute Gasteiger partial charge is 0.493 e. The van der Waals surface area contributed by atoms with Crippen LogP contribution in [-0.4, -0.2) is 23.0 Å². The molecule has 0 atom stereocenters. The monoisotopic (exact) mass is 545 g/mol. The number of benzene rings is 3. The van der Waals surface area contributed by atoms with Crippen LogP contribution in [0, 0.1) is 0 Å². The molecule has 0 amide bonds. The first-order chi connectivity index (χ1) is 17.6. The zero-order valence-corrected chi connectivity index (χ0v) is 21.8. The fourth-order valence-electron chi connectivity index (χ4n) is 4.65. The number of hydrogen-bond acceptors (Lipinski definition) is 5. The van der Waals surface area contributed by atoms with Gasteiger partial charge < -0.3 is 9.47 Å². The van der Waals surface area contributed by atoms with Crippen molar-refractivity contribution in [2.75, 3.05) is 7.11 Å². The van der Waals surface area contributed by atoms with Crippen LogP contribution in [0.15, 0.2) is 81.1 Å². The molecular weight excluding hydrogens is 518 g/mol. The highest BCUT2D eigenvalue weighted by Gasteiger charge is 2.22. The van der Waals surface area contributed by atoms with Gasteiger partial charge in [-0.25, -0.2) is 4.98 Å². The summed E-state index contributed by atoms with van der Waals surface area (Å²) in [5.41, 5.74) is 2.43. The molecule has 0 bridgehead atoms. The topological polar surface area (TPSA) is 65.7 Å². The lowest BCUT2D eigenvalue weighted by molar-refractivity contribution is 0.284. The van der Waals surface area contributed by atoms with Crippen LogP contribution < -0.4 is 15.0 Å². The number of rotatable bonds is 7. The Morgan fingerprint density at radius 2 is 1.83 bits per heavy atom. The second-order valence-electron chi connectivity index (χ2n) is 9.01. The van der Waals surface area contributed by atoms with E-state index in [1.54, 1.807) is 13.3 Å². The molecule has 0 radical (unpaired) electrons. The average Bonchev–Trinajstić information content (AvgIpc) is 2.93. The van der Waals surface area contributed by atoms with Gasteiger partial charge >= 0.3 is 0 Å². The van der Waals surface area contributed by atoms with Gasteiger partial charge in [0.2, 0.25) is 0 Å². The Labute approximate surface area is 218 Å². The van der Waals surface area contributed by atoms with E-state index in [4.69, 9.17) is 14.5 Å². The quantitative estimate of drug-likeness (QED) is 0.243. The Hall–Kier alpha value is -3.45. The van der Waals surface area contributed by atoms with Gasteiger partial charge in [0, 0.05) is 10.4 Å². The second-order valence-corrected chi connectivity index (χ2v) is 9.93. The molecule has 1 aliphatic carbocycles. The van der Waals surface area contributed by atoms with Gasteiger partial charge in [0.1, 0.15) is 12.4 Å². The lowest BCUT2D eigenvalue weighted by Crippen LogP contribution is -2.25. The molecule has 3 aromatic carbocycles. The normalized spacial score (nSPS) is 14.4. The molecule has 0 spiro atoms. The third kappa shape index (κ3) is 5.36. The fourth-order valence-corrected chi connectivity index (χ4v) is 5.01. The van der Waals surface area contributed by atoms with E-state index in [1.807, 2.05) is 66.7 Å². The number of hydrogen-bond donors (Lipinski definition) is 0. The SMILES string of the molecule is COc1cc(C=Nn2c(C3CCCCC3)nc3ccc(Br)cc3c2=O)ccc1OCc1ccccc1. The molecule has 36 heavy (non-hydrogen) atoms. The van der Waals surface area contributed by atoms with Crippen LogP contribution in [-0.2, 0) is 6.61 Å². The van der Waals surface area contributed by atoms with Crippen molar-refractivity contribution in [3.8, 4) is 11.5 Å². The van der Waals surface area contributed by atoms with Crippen molar-refractivity contribution in [2.24, 2.45) is 5.10 Å². The molecule has 0 saturated heterocycles. The lowest BCUT2D eigenvalue weighted by Gasteiger charge is -2.22. The van der Waals surface area contributed by atoms with E-state index in [2.05, 4.69) is 21.0 Å². The second kappa shape index (κ2) is 11.1. The van der Waals surface area contributed by atoms with Gasteiger partial charge in [-0.15, -0.1) is 0 Å². The molecule has 1 heterocycles. The third-order valence-corrected chi connectivity index (χ3v) is 7.04. The van der Waals surface area contributed by atoms with Crippen molar-refractivity contribution >= 4 is 33.0 Å². The van der Waals surface area contributed by atoms with E-state index in [0.717, 1.165) is 47.1 Å². The molecule has 1 saturated carbocycles. The molecule has 0 aliphatic heterocycles. The minimum Gasteiger partial charge on any atom is -0.493 e. The Morgan fingerprint density at radius 3 is 2.61 bits per heavy atom. The van der Waals surface area contributed by atoms with Crippen LogP contribution in [0.1, 0.15) is 55.0 Å². The van der Waals surface area contributed by atoms with Gasteiger partial charge in [0.25, 0.3) is 5.56 Å². The first kappa shape index (κ1) is 24.3. The van der Waals surface area contributed by atoms with E-state index in [1.165, 1.54) is 11.1 Å². The third-order valence-electron chi connectivity index (χ3n) is 6.55. The standard InChI is InChI=1S/C29H28BrN3O3/c1-35-27-16-21(12-15-26(27)36-19-20-8-4-2-5-9-20)18-31-33-28(22-10-6-3-7-11-22)32-25-14-13-23(30)17-24(25)29(33)34/h2,4-5,8-9,12-18,22H,3,6-7,10-11,19H2,1H3. The smallest absolute Gasteiger partial charge is 0.282 e. The summed E-state index contributed by atoms with van der Waals surface area (Å²) in [4.78, 5) is 18.4. The van der Waals surface area contributed by atoms with Gasteiger partial charge in [0.05, 0.1) is 24.2 Å². The summed E-state index contributed by atoms with van der Waals surface area (Å²) in [5, 5.41) is 5.18. The minimum absolute atomic E-state index is 0.159. The summed E-state index contributed by atoms with van der Waals surface area (Å²) in [6, 6.07) is 21.2. The summed E-state index contributed by atoms with van der Waals surface area (Å²) in [5.74, 6) is 2.21. The highest BCUT2D eigenvalue weighted by Crippen LogP contribution is 2.32. The average molecular weight is 546 g/mol. The Bertz CT molecular complexity index is 1440. The van der Waals surface area contributed by atoms with E-state index >= 15 is 0 Å². The zero-order chi connectivity index (χ0) is 24.9. The molecule has 5 rings (SSSR count). The first-order valence-electron chi connectivity index (χ1n) is 12.2. The van der Waals surface area contributed by atoms with Gasteiger partial charge in [-0.2, -0.15) is 9.78 Å². The molecular formula is C29H28BrN3O3. The predicted molar refractivity (Wildman–Crippen MR) is 146 cm³/mol. The number of halogens is 1. The molecule has 0 unspecified atom stereocenters. The fraction of sp³-hybridized carbons (Fsp3) is 0.276. The van der Waals surface area contributed by atoms with Gasteiger partial charge in [-0.05, 0) is 60.4 Å². The van der Waals surface area contributed by atoms with Gasteiger partial charge in [0.15, 0.2) is 11.5 Å². The molecule has 1 aromatic heterocycles. The molecule has 0 N–H and O–H groups in total. The van der Waals surface area contributed by atoms with Crippen molar-refractivity contribution < 1.29 is 9.47 Å². The van der Waals surface area contributed by atoms with Crippen LogP contribution in [0.25, 0.3) is 10.9 Å². The summed E-state index contributed by atoms with van der Waals surface area (Å²) >= 11 is 3.47. The highest BCUT2D eigenvalue weighted by atomic mass is 79.9. The van der Waals surface area contributed by atoms with Crippen LogP contribution in [0.4, 0.5) is 0 Å². The number of ether oxygens (including phenoxy) is 2.